The Morgan fingerprint density at radius 1 is 1.30 bits per heavy atom. The molecule has 23 heavy (non-hydrogen) atoms. The molecule has 1 fully saturated rings. The molecule has 1 aromatic rings. The molecule has 4 nitrogen and oxygen atoms in total. The van der Waals surface area contributed by atoms with Crippen LogP contribution >= 0.6 is 0 Å². The van der Waals surface area contributed by atoms with E-state index >= 15 is 0 Å². The van der Waals surface area contributed by atoms with E-state index < -0.39 is 0 Å². The first-order valence-corrected chi connectivity index (χ1v) is 8.77. The summed E-state index contributed by atoms with van der Waals surface area (Å²) in [5.74, 6) is 2.14. The molecule has 0 spiro atoms. The summed E-state index contributed by atoms with van der Waals surface area (Å²) >= 11 is 0. The molecule has 3 atom stereocenters. The maximum Gasteiger partial charge on any atom is 0.213 e. The maximum absolute atomic E-state index is 6.14. The summed E-state index contributed by atoms with van der Waals surface area (Å²) < 4.78 is 6.14. The van der Waals surface area contributed by atoms with Crippen LogP contribution in [0, 0.1) is 18.8 Å². The number of ether oxygens (including phenoxy) is 1. The molecule has 2 rings (SSSR count). The van der Waals surface area contributed by atoms with Gasteiger partial charge in [-0.1, -0.05) is 13.8 Å². The zero-order valence-electron chi connectivity index (χ0n) is 15.4. The lowest BCUT2D eigenvalue weighted by Crippen LogP contribution is -2.31. The van der Waals surface area contributed by atoms with Crippen molar-refractivity contribution in [2.24, 2.45) is 16.8 Å². The van der Waals surface area contributed by atoms with E-state index in [9.17, 15) is 0 Å². The van der Waals surface area contributed by atoms with E-state index in [1.165, 1.54) is 12.8 Å². The molecule has 0 aliphatic heterocycles. The third-order valence-corrected chi connectivity index (χ3v) is 4.85. The van der Waals surface area contributed by atoms with Crippen molar-refractivity contribution >= 4 is 12.0 Å². The number of hydrogen-bond donors (Lipinski definition) is 0. The molecular formula is C19H31N3O. The summed E-state index contributed by atoms with van der Waals surface area (Å²) in [6.07, 6.45) is 5.77. The standard InChI is InChI=1S/C19H31N3O/c1-13(2)22(6)12-20-17-8-10-19(21-16(17)5)23-18-9-7-14(3)11-15(18)4/h8,10,12-15,18H,7,9,11H2,1-6H3/b20-12+. The van der Waals surface area contributed by atoms with Crippen molar-refractivity contribution in [1.82, 2.24) is 9.88 Å². The van der Waals surface area contributed by atoms with Gasteiger partial charge in [0.25, 0.3) is 0 Å². The lowest BCUT2D eigenvalue weighted by Gasteiger charge is -2.32. The van der Waals surface area contributed by atoms with Gasteiger partial charge in [-0.25, -0.2) is 9.98 Å². The molecule has 4 heteroatoms. The Labute approximate surface area is 141 Å². The van der Waals surface area contributed by atoms with Crippen LogP contribution in [0.3, 0.4) is 0 Å². The summed E-state index contributed by atoms with van der Waals surface area (Å²) in [6, 6.07) is 4.38. The molecular weight excluding hydrogens is 286 g/mol. The van der Waals surface area contributed by atoms with E-state index in [4.69, 9.17) is 4.74 Å². The first kappa shape index (κ1) is 17.8. The Morgan fingerprint density at radius 3 is 2.65 bits per heavy atom. The lowest BCUT2D eigenvalue weighted by atomic mass is 9.81. The van der Waals surface area contributed by atoms with Crippen molar-refractivity contribution in [2.75, 3.05) is 7.05 Å². The van der Waals surface area contributed by atoms with Crippen LogP contribution < -0.4 is 4.74 Å². The molecule has 1 saturated carbocycles. The van der Waals surface area contributed by atoms with Crippen LogP contribution in [-0.4, -0.2) is 35.4 Å². The topological polar surface area (TPSA) is 37.7 Å². The van der Waals surface area contributed by atoms with Gasteiger partial charge in [0.2, 0.25) is 5.88 Å². The van der Waals surface area contributed by atoms with Crippen LogP contribution in [0.4, 0.5) is 5.69 Å². The highest BCUT2D eigenvalue weighted by Crippen LogP contribution is 2.31. The normalized spacial score (nSPS) is 25.1. The average molecular weight is 317 g/mol. The van der Waals surface area contributed by atoms with Crippen molar-refractivity contribution in [3.63, 3.8) is 0 Å². The maximum atomic E-state index is 6.14. The third kappa shape index (κ3) is 4.95. The van der Waals surface area contributed by atoms with Gasteiger partial charge in [-0.05, 0) is 57.9 Å². The third-order valence-electron chi connectivity index (χ3n) is 4.85. The summed E-state index contributed by atoms with van der Waals surface area (Å²) in [7, 11) is 2.03. The van der Waals surface area contributed by atoms with E-state index in [0.29, 0.717) is 18.1 Å². The fourth-order valence-corrected chi connectivity index (χ4v) is 2.99. The van der Waals surface area contributed by atoms with Crippen LogP contribution in [0.25, 0.3) is 0 Å². The van der Waals surface area contributed by atoms with Gasteiger partial charge in [-0.3, -0.25) is 0 Å². The Bertz CT molecular complexity index is 541. The van der Waals surface area contributed by atoms with Crippen molar-refractivity contribution in [1.29, 1.82) is 0 Å². The average Bonchev–Trinajstić information content (AvgIpc) is 2.49. The minimum Gasteiger partial charge on any atom is -0.474 e. The number of rotatable bonds is 5. The Balaban J connectivity index is 2.02. The number of aromatic nitrogens is 1. The van der Waals surface area contributed by atoms with Crippen molar-refractivity contribution in [2.45, 2.75) is 66.0 Å². The summed E-state index contributed by atoms with van der Waals surface area (Å²) in [5.41, 5.74) is 1.81. The molecule has 1 aliphatic rings. The molecule has 0 bridgehead atoms. The second kappa shape index (κ2) is 7.80. The molecule has 0 saturated heterocycles. The number of aryl methyl sites for hydroxylation is 1. The summed E-state index contributed by atoms with van der Waals surface area (Å²) in [5, 5.41) is 0. The highest BCUT2D eigenvalue weighted by atomic mass is 16.5. The SMILES string of the molecule is Cc1nc(OC2CCC(C)CC2C)ccc1/N=C/N(C)C(C)C. The van der Waals surface area contributed by atoms with Gasteiger partial charge in [-0.2, -0.15) is 0 Å². The van der Waals surface area contributed by atoms with Crippen LogP contribution in [0.1, 0.15) is 52.7 Å². The molecule has 1 aromatic heterocycles. The summed E-state index contributed by atoms with van der Waals surface area (Å²) in [4.78, 5) is 11.2. The Kier molecular flexibility index (Phi) is 6.03. The van der Waals surface area contributed by atoms with Gasteiger partial charge < -0.3 is 9.64 Å². The first-order chi connectivity index (χ1) is 10.9. The van der Waals surface area contributed by atoms with Crippen molar-refractivity contribution < 1.29 is 4.74 Å². The molecule has 0 N–H and O–H groups in total. The lowest BCUT2D eigenvalue weighted by molar-refractivity contribution is 0.0781. The van der Waals surface area contributed by atoms with Crippen LogP contribution in [0.5, 0.6) is 5.88 Å². The van der Waals surface area contributed by atoms with Gasteiger partial charge >= 0.3 is 0 Å². The van der Waals surface area contributed by atoms with Crippen molar-refractivity contribution in [3.8, 4) is 5.88 Å². The first-order valence-electron chi connectivity index (χ1n) is 8.77. The monoisotopic (exact) mass is 317 g/mol. The Hall–Kier alpha value is -1.58. The van der Waals surface area contributed by atoms with E-state index in [-0.39, 0.29) is 0 Å². The van der Waals surface area contributed by atoms with E-state index in [2.05, 4.69) is 42.6 Å². The molecule has 0 amide bonds. The van der Waals surface area contributed by atoms with Gasteiger partial charge in [0.05, 0.1) is 17.7 Å². The van der Waals surface area contributed by atoms with Crippen LogP contribution in [-0.2, 0) is 0 Å². The number of nitrogens with zero attached hydrogens (tertiary/aromatic N) is 3. The largest absolute Gasteiger partial charge is 0.474 e. The zero-order chi connectivity index (χ0) is 17.0. The zero-order valence-corrected chi connectivity index (χ0v) is 15.4. The quantitative estimate of drug-likeness (QED) is 0.588. The van der Waals surface area contributed by atoms with Gasteiger partial charge in [0.1, 0.15) is 6.10 Å². The van der Waals surface area contributed by atoms with Crippen LogP contribution in [0.15, 0.2) is 17.1 Å². The highest BCUT2D eigenvalue weighted by Gasteiger charge is 2.27. The van der Waals surface area contributed by atoms with Crippen molar-refractivity contribution in [3.05, 3.63) is 17.8 Å². The molecule has 1 heterocycles. The predicted molar refractivity (Wildman–Crippen MR) is 96.6 cm³/mol. The minimum absolute atomic E-state index is 0.291. The highest BCUT2D eigenvalue weighted by molar-refractivity contribution is 5.62. The molecule has 0 aromatic carbocycles. The predicted octanol–water partition coefficient (Wildman–Crippen LogP) is 4.59. The molecule has 0 radical (unpaired) electrons. The molecule has 3 unspecified atom stereocenters. The van der Waals surface area contributed by atoms with Gasteiger partial charge in [0.15, 0.2) is 0 Å². The fraction of sp³-hybridized carbons (Fsp3) is 0.684. The number of hydrogen-bond acceptors (Lipinski definition) is 3. The smallest absolute Gasteiger partial charge is 0.213 e. The summed E-state index contributed by atoms with van der Waals surface area (Å²) in [6.45, 7) is 10.9. The second-order valence-electron chi connectivity index (χ2n) is 7.31. The van der Waals surface area contributed by atoms with Gasteiger partial charge in [0, 0.05) is 19.2 Å². The minimum atomic E-state index is 0.291. The molecule has 1 aliphatic carbocycles. The number of pyridine rings is 1. The van der Waals surface area contributed by atoms with E-state index in [1.54, 1.807) is 0 Å². The van der Waals surface area contributed by atoms with Crippen LogP contribution in [0.2, 0.25) is 0 Å². The fourth-order valence-electron chi connectivity index (χ4n) is 2.99. The van der Waals surface area contributed by atoms with Gasteiger partial charge in [-0.15, -0.1) is 0 Å². The Morgan fingerprint density at radius 2 is 2.04 bits per heavy atom. The number of aliphatic imine (C=N–C) groups is 1. The second-order valence-corrected chi connectivity index (χ2v) is 7.31. The van der Waals surface area contributed by atoms with E-state index in [0.717, 1.165) is 29.6 Å². The molecule has 128 valence electrons. The van der Waals surface area contributed by atoms with E-state index in [1.807, 2.05) is 32.4 Å².